The van der Waals surface area contributed by atoms with Gasteiger partial charge in [0.1, 0.15) is 11.5 Å². The second-order valence-electron chi connectivity index (χ2n) is 3.99. The summed E-state index contributed by atoms with van der Waals surface area (Å²) < 4.78 is 0. The van der Waals surface area contributed by atoms with Crippen LogP contribution < -0.4 is 5.32 Å². The summed E-state index contributed by atoms with van der Waals surface area (Å²) in [4.78, 5) is 11.0. The number of carboxylic acids is 1. The number of carboxylic acid groups (broad SMARTS) is 1. The van der Waals surface area contributed by atoms with Gasteiger partial charge in [-0.15, -0.1) is 0 Å². The molecule has 0 heterocycles. The van der Waals surface area contributed by atoms with Crippen LogP contribution in [0.3, 0.4) is 0 Å². The van der Waals surface area contributed by atoms with Crippen molar-refractivity contribution in [1.29, 1.82) is 0 Å². The largest absolute Gasteiger partial charge is 0.480 e. The van der Waals surface area contributed by atoms with Crippen LogP contribution in [-0.4, -0.2) is 22.6 Å². The van der Waals surface area contributed by atoms with E-state index < -0.39 is 5.97 Å². The molecule has 2 aromatic carbocycles. The quantitative estimate of drug-likeness (QED) is 0.839. The Morgan fingerprint density at radius 1 is 1.05 bits per heavy atom. The molecule has 2 N–H and O–H groups in total. The Morgan fingerprint density at radius 2 is 1.68 bits per heavy atom. The molecule has 0 aromatic heterocycles. The Morgan fingerprint density at radius 3 is 2.37 bits per heavy atom. The minimum Gasteiger partial charge on any atom is -0.480 e. The summed E-state index contributed by atoms with van der Waals surface area (Å²) in [7, 11) is 0. The van der Waals surface area contributed by atoms with Gasteiger partial charge in [0.15, 0.2) is 0 Å². The molecule has 0 radical (unpaired) electrons. The van der Waals surface area contributed by atoms with E-state index >= 15 is 0 Å². The number of hydrogen-bond donors (Lipinski definition) is 2. The number of rotatable bonds is 4. The molecule has 0 aliphatic rings. The smallest absolute Gasteiger partial charge is 0.322 e. The van der Waals surface area contributed by atoms with Crippen molar-refractivity contribution in [3.8, 4) is 11.1 Å². The average Bonchev–Trinajstić information content (AvgIpc) is 2.45. The molecule has 0 aliphatic heterocycles. The summed E-state index contributed by atoms with van der Waals surface area (Å²) in [5.41, 5.74) is 2.88. The van der Waals surface area contributed by atoms with Crippen molar-refractivity contribution in [2.45, 2.75) is 0 Å². The van der Waals surface area contributed by atoms with E-state index in [-0.39, 0.29) is 6.54 Å². The lowest BCUT2D eigenvalue weighted by atomic mass is 10.00. The monoisotopic (exact) mass is 271 g/mol. The normalized spacial score (nSPS) is 9.89. The molecule has 0 atom stereocenters. The molecule has 0 saturated heterocycles. The third-order valence-electron chi connectivity index (χ3n) is 2.66. The third kappa shape index (κ3) is 3.39. The SMILES string of the molecule is O=C(O)CNC(=S)c1ccccc1-c1ccccc1. The van der Waals surface area contributed by atoms with Crippen LogP contribution in [0.25, 0.3) is 11.1 Å². The molecule has 19 heavy (non-hydrogen) atoms. The number of nitrogens with one attached hydrogen (secondary N) is 1. The van der Waals surface area contributed by atoms with Crippen LogP contribution in [0.15, 0.2) is 54.6 Å². The molecular weight excluding hydrogens is 258 g/mol. The summed E-state index contributed by atoms with van der Waals surface area (Å²) in [6.07, 6.45) is 0. The van der Waals surface area contributed by atoms with Crippen molar-refractivity contribution in [3.63, 3.8) is 0 Å². The Kier molecular flexibility index (Phi) is 4.26. The third-order valence-corrected chi connectivity index (χ3v) is 3.02. The minimum atomic E-state index is -0.931. The molecule has 0 fully saturated rings. The van der Waals surface area contributed by atoms with Gasteiger partial charge in [0.2, 0.25) is 0 Å². The van der Waals surface area contributed by atoms with Gasteiger partial charge >= 0.3 is 5.97 Å². The highest BCUT2D eigenvalue weighted by molar-refractivity contribution is 7.80. The van der Waals surface area contributed by atoms with Gasteiger partial charge in [-0.2, -0.15) is 0 Å². The molecular formula is C15H13NO2S. The van der Waals surface area contributed by atoms with Gasteiger partial charge in [-0.25, -0.2) is 0 Å². The molecule has 0 amide bonds. The van der Waals surface area contributed by atoms with Crippen molar-refractivity contribution in [2.75, 3.05) is 6.54 Å². The van der Waals surface area contributed by atoms with Crippen LogP contribution in [0.1, 0.15) is 5.56 Å². The maximum Gasteiger partial charge on any atom is 0.322 e. The molecule has 0 bridgehead atoms. The van der Waals surface area contributed by atoms with Gasteiger partial charge in [0.25, 0.3) is 0 Å². The first-order chi connectivity index (χ1) is 9.18. The maximum absolute atomic E-state index is 10.6. The highest BCUT2D eigenvalue weighted by Crippen LogP contribution is 2.23. The van der Waals surface area contributed by atoms with E-state index in [1.54, 1.807) is 0 Å². The minimum absolute atomic E-state index is 0.179. The first-order valence-electron chi connectivity index (χ1n) is 5.83. The van der Waals surface area contributed by atoms with E-state index in [0.717, 1.165) is 16.7 Å². The van der Waals surface area contributed by atoms with Crippen LogP contribution >= 0.6 is 12.2 Å². The zero-order valence-electron chi connectivity index (χ0n) is 10.2. The highest BCUT2D eigenvalue weighted by Gasteiger charge is 2.09. The van der Waals surface area contributed by atoms with E-state index in [0.29, 0.717) is 4.99 Å². The summed E-state index contributed by atoms with van der Waals surface area (Å²) in [5.74, 6) is -0.931. The number of aliphatic carboxylic acids is 1. The number of benzene rings is 2. The maximum atomic E-state index is 10.6. The molecule has 0 saturated carbocycles. The Labute approximate surface area is 116 Å². The standard InChI is InChI=1S/C15H13NO2S/c17-14(18)10-16-15(19)13-9-5-4-8-12(13)11-6-2-1-3-7-11/h1-9H,10H2,(H,16,19)(H,17,18). The van der Waals surface area contributed by atoms with Crippen molar-refractivity contribution in [2.24, 2.45) is 0 Å². The lowest BCUT2D eigenvalue weighted by Gasteiger charge is -2.11. The van der Waals surface area contributed by atoms with Gasteiger partial charge in [0, 0.05) is 5.56 Å². The molecule has 0 spiro atoms. The Bertz CT molecular complexity index is 596. The molecule has 3 nitrogen and oxygen atoms in total. The van der Waals surface area contributed by atoms with E-state index in [1.165, 1.54) is 0 Å². The van der Waals surface area contributed by atoms with Gasteiger partial charge in [-0.05, 0) is 11.1 Å². The second kappa shape index (κ2) is 6.11. The van der Waals surface area contributed by atoms with Crippen molar-refractivity contribution in [3.05, 3.63) is 60.2 Å². The molecule has 2 rings (SSSR count). The fraction of sp³-hybridized carbons (Fsp3) is 0.0667. The topological polar surface area (TPSA) is 49.3 Å². The second-order valence-corrected chi connectivity index (χ2v) is 4.40. The first kappa shape index (κ1) is 13.2. The fourth-order valence-electron chi connectivity index (χ4n) is 1.80. The predicted molar refractivity (Wildman–Crippen MR) is 79.2 cm³/mol. The van der Waals surface area contributed by atoms with E-state index in [9.17, 15) is 4.79 Å². The zero-order valence-corrected chi connectivity index (χ0v) is 11.0. The van der Waals surface area contributed by atoms with E-state index in [1.807, 2.05) is 54.6 Å². The summed E-state index contributed by atoms with van der Waals surface area (Å²) in [5, 5.41) is 11.4. The van der Waals surface area contributed by atoms with Crippen LogP contribution in [0.2, 0.25) is 0 Å². The lowest BCUT2D eigenvalue weighted by molar-refractivity contribution is -0.135. The van der Waals surface area contributed by atoms with Gasteiger partial charge in [0.05, 0.1) is 0 Å². The molecule has 0 unspecified atom stereocenters. The molecule has 96 valence electrons. The highest BCUT2D eigenvalue weighted by atomic mass is 32.1. The summed E-state index contributed by atoms with van der Waals surface area (Å²) >= 11 is 5.25. The number of carbonyl (C=O) groups is 1. The summed E-state index contributed by atoms with van der Waals surface area (Å²) in [6, 6.07) is 17.5. The zero-order chi connectivity index (χ0) is 13.7. The lowest BCUT2D eigenvalue weighted by Crippen LogP contribution is -2.28. The van der Waals surface area contributed by atoms with Crippen molar-refractivity contribution in [1.82, 2.24) is 5.32 Å². The van der Waals surface area contributed by atoms with E-state index in [4.69, 9.17) is 17.3 Å². The number of thiocarbonyl (C=S) groups is 1. The fourth-order valence-corrected chi connectivity index (χ4v) is 2.05. The molecule has 2 aromatic rings. The van der Waals surface area contributed by atoms with Gasteiger partial charge in [-0.3, -0.25) is 4.79 Å². The molecule has 0 aliphatic carbocycles. The first-order valence-corrected chi connectivity index (χ1v) is 6.24. The van der Waals surface area contributed by atoms with Crippen LogP contribution in [0.4, 0.5) is 0 Å². The van der Waals surface area contributed by atoms with Crippen LogP contribution in [-0.2, 0) is 4.79 Å². The van der Waals surface area contributed by atoms with Gasteiger partial charge in [-0.1, -0.05) is 66.8 Å². The van der Waals surface area contributed by atoms with E-state index in [2.05, 4.69) is 5.32 Å². The number of hydrogen-bond acceptors (Lipinski definition) is 2. The Balaban J connectivity index is 2.31. The predicted octanol–water partition coefficient (Wildman–Crippen LogP) is 2.70. The summed E-state index contributed by atoms with van der Waals surface area (Å²) in [6.45, 7) is -0.179. The molecule has 4 heteroatoms. The van der Waals surface area contributed by atoms with Crippen LogP contribution in [0, 0.1) is 0 Å². The van der Waals surface area contributed by atoms with Crippen molar-refractivity contribution < 1.29 is 9.90 Å². The Hall–Kier alpha value is -2.20. The van der Waals surface area contributed by atoms with Crippen LogP contribution in [0.5, 0.6) is 0 Å². The van der Waals surface area contributed by atoms with Crippen molar-refractivity contribution >= 4 is 23.2 Å². The van der Waals surface area contributed by atoms with Gasteiger partial charge < -0.3 is 10.4 Å². The average molecular weight is 271 g/mol.